The smallest absolute Gasteiger partial charge is 0.387 e. The Hall–Kier alpha value is -2.41. The van der Waals surface area contributed by atoms with Crippen LogP contribution in [-0.2, 0) is 11.3 Å². The molecule has 0 radical (unpaired) electrons. The molecule has 0 N–H and O–H groups in total. The summed E-state index contributed by atoms with van der Waals surface area (Å²) in [4.78, 5) is 13.8. The molecule has 0 bridgehead atoms. The Morgan fingerprint density at radius 2 is 1.96 bits per heavy atom. The van der Waals surface area contributed by atoms with E-state index in [1.54, 1.807) is 32.4 Å². The van der Waals surface area contributed by atoms with E-state index < -0.39 is 6.61 Å². The van der Waals surface area contributed by atoms with E-state index in [-0.39, 0.29) is 11.7 Å². The number of likely N-dealkylation sites (N-methyl/N-ethyl adjacent to an activating group) is 1. The van der Waals surface area contributed by atoms with Crippen molar-refractivity contribution in [1.82, 2.24) is 4.90 Å². The van der Waals surface area contributed by atoms with E-state index >= 15 is 0 Å². The van der Waals surface area contributed by atoms with Crippen LogP contribution in [0.5, 0.6) is 11.5 Å². The Labute approximate surface area is 159 Å². The number of amides is 1. The van der Waals surface area contributed by atoms with E-state index in [1.807, 2.05) is 18.2 Å². The molecule has 0 spiro atoms. The quantitative estimate of drug-likeness (QED) is 0.601. The second-order valence-corrected chi connectivity index (χ2v) is 6.32. The van der Waals surface area contributed by atoms with Gasteiger partial charge in [-0.2, -0.15) is 8.78 Å². The van der Waals surface area contributed by atoms with Crippen molar-refractivity contribution in [2.45, 2.75) is 13.2 Å². The first-order valence-electron chi connectivity index (χ1n) is 7.70. The molecule has 2 aromatic rings. The number of nitrogens with zero attached hydrogens (tertiary/aromatic N) is 1. The summed E-state index contributed by atoms with van der Waals surface area (Å²) < 4.78 is 35.5. The zero-order valence-corrected chi connectivity index (χ0v) is 15.9. The lowest BCUT2D eigenvalue weighted by Gasteiger charge is -2.17. The van der Waals surface area contributed by atoms with Crippen molar-refractivity contribution >= 4 is 27.9 Å². The molecule has 0 saturated heterocycles. The van der Waals surface area contributed by atoms with Gasteiger partial charge in [0.1, 0.15) is 11.5 Å². The average molecular weight is 426 g/mol. The number of methoxy groups -OCH3 is 1. The monoisotopic (exact) mass is 425 g/mol. The summed E-state index contributed by atoms with van der Waals surface area (Å²) in [7, 11) is 3.21. The summed E-state index contributed by atoms with van der Waals surface area (Å²) in [6.45, 7) is -2.59. The summed E-state index contributed by atoms with van der Waals surface area (Å²) in [6.07, 6.45) is 2.77. The third kappa shape index (κ3) is 5.56. The molecule has 4 nitrogen and oxygen atoms in total. The number of carbonyl (C=O) groups is 1. The minimum Gasteiger partial charge on any atom is -0.496 e. The maximum atomic E-state index is 12.4. The van der Waals surface area contributed by atoms with Gasteiger partial charge in [0.05, 0.1) is 7.11 Å². The first-order chi connectivity index (χ1) is 12.4. The number of hydrogen-bond donors (Lipinski definition) is 0. The molecule has 0 unspecified atom stereocenters. The fourth-order valence-electron chi connectivity index (χ4n) is 2.31. The van der Waals surface area contributed by atoms with E-state index in [0.717, 1.165) is 10.0 Å². The molecule has 0 saturated carbocycles. The number of hydrogen-bond acceptors (Lipinski definition) is 3. The highest BCUT2D eigenvalue weighted by molar-refractivity contribution is 9.10. The predicted molar refractivity (Wildman–Crippen MR) is 99.3 cm³/mol. The molecule has 7 heteroatoms. The fraction of sp³-hybridized carbons (Fsp3) is 0.211. The Balaban J connectivity index is 2.10. The fourth-order valence-corrected chi connectivity index (χ4v) is 2.72. The number of ether oxygens (including phenoxy) is 2. The number of carbonyl (C=O) groups excluding carboxylic acids is 1. The van der Waals surface area contributed by atoms with Crippen molar-refractivity contribution in [2.24, 2.45) is 0 Å². The van der Waals surface area contributed by atoms with Gasteiger partial charge in [-0.25, -0.2) is 0 Å². The number of para-hydroxylation sites is 1. The van der Waals surface area contributed by atoms with E-state index in [0.29, 0.717) is 17.9 Å². The van der Waals surface area contributed by atoms with Gasteiger partial charge in [-0.15, -0.1) is 0 Å². The Bertz CT molecular complexity index is 796. The van der Waals surface area contributed by atoms with Crippen molar-refractivity contribution in [3.8, 4) is 11.5 Å². The van der Waals surface area contributed by atoms with E-state index in [9.17, 15) is 13.6 Å². The molecule has 2 aromatic carbocycles. The van der Waals surface area contributed by atoms with Crippen LogP contribution in [0.25, 0.3) is 6.08 Å². The summed E-state index contributed by atoms with van der Waals surface area (Å²) in [5.74, 6) is 0.411. The highest BCUT2D eigenvalue weighted by Gasteiger charge is 2.11. The van der Waals surface area contributed by atoms with E-state index in [4.69, 9.17) is 4.74 Å². The molecule has 0 heterocycles. The minimum atomic E-state index is -2.92. The number of halogens is 3. The highest BCUT2D eigenvalue weighted by Crippen LogP contribution is 2.25. The van der Waals surface area contributed by atoms with Gasteiger partial charge >= 0.3 is 6.61 Å². The van der Waals surface area contributed by atoms with Crippen molar-refractivity contribution in [3.05, 3.63) is 64.1 Å². The van der Waals surface area contributed by atoms with Crippen LogP contribution in [0.1, 0.15) is 11.1 Å². The first-order valence-corrected chi connectivity index (χ1v) is 8.49. The maximum absolute atomic E-state index is 12.4. The van der Waals surface area contributed by atoms with Crippen LogP contribution < -0.4 is 9.47 Å². The summed E-state index contributed by atoms with van der Waals surface area (Å²) in [5, 5.41) is 0. The molecule has 0 aromatic heterocycles. The molecule has 0 aliphatic heterocycles. The van der Waals surface area contributed by atoms with Gasteiger partial charge in [0.15, 0.2) is 0 Å². The molecule has 138 valence electrons. The zero-order chi connectivity index (χ0) is 19.1. The van der Waals surface area contributed by atoms with Gasteiger partial charge in [-0.3, -0.25) is 4.79 Å². The van der Waals surface area contributed by atoms with Crippen LogP contribution in [0.3, 0.4) is 0 Å². The zero-order valence-electron chi connectivity index (χ0n) is 14.3. The third-order valence-corrected chi connectivity index (χ3v) is 4.06. The average Bonchev–Trinajstić information content (AvgIpc) is 2.60. The molecule has 2 rings (SSSR count). The molecular formula is C19H18BrF2NO3. The second kappa shape index (κ2) is 9.33. The minimum absolute atomic E-state index is 0.0165. The van der Waals surface area contributed by atoms with Gasteiger partial charge in [-0.05, 0) is 30.3 Å². The molecule has 26 heavy (non-hydrogen) atoms. The van der Waals surface area contributed by atoms with Crippen LogP contribution in [-0.4, -0.2) is 31.6 Å². The summed E-state index contributed by atoms with van der Waals surface area (Å²) >= 11 is 3.39. The van der Waals surface area contributed by atoms with Crippen LogP contribution in [0.4, 0.5) is 8.78 Å². The van der Waals surface area contributed by atoms with E-state index in [1.165, 1.54) is 23.1 Å². The molecule has 0 fully saturated rings. The SMILES string of the molecule is COc1ccc(Br)cc1CN(C)C(=O)/C=C/c1ccccc1OC(F)F. The van der Waals surface area contributed by atoms with Crippen molar-refractivity contribution in [2.75, 3.05) is 14.2 Å². The van der Waals surface area contributed by atoms with Crippen molar-refractivity contribution < 1.29 is 23.0 Å². The summed E-state index contributed by atoms with van der Waals surface area (Å²) in [5.41, 5.74) is 1.24. The first kappa shape index (κ1) is 19.9. The normalized spacial score (nSPS) is 11.0. The number of benzene rings is 2. The lowest BCUT2D eigenvalue weighted by Crippen LogP contribution is -2.24. The number of alkyl halides is 2. The Morgan fingerprint density at radius 1 is 1.23 bits per heavy atom. The van der Waals surface area contributed by atoms with Gasteiger partial charge in [-0.1, -0.05) is 34.1 Å². The van der Waals surface area contributed by atoms with Crippen LogP contribution in [0.2, 0.25) is 0 Å². The third-order valence-electron chi connectivity index (χ3n) is 3.57. The van der Waals surface area contributed by atoms with Gasteiger partial charge in [0.25, 0.3) is 0 Å². The van der Waals surface area contributed by atoms with E-state index in [2.05, 4.69) is 20.7 Å². The van der Waals surface area contributed by atoms with Crippen LogP contribution in [0, 0.1) is 0 Å². The lowest BCUT2D eigenvalue weighted by atomic mass is 10.1. The van der Waals surface area contributed by atoms with Gasteiger partial charge in [0.2, 0.25) is 5.91 Å². The van der Waals surface area contributed by atoms with Crippen molar-refractivity contribution in [3.63, 3.8) is 0 Å². The van der Waals surface area contributed by atoms with Gasteiger partial charge in [0, 0.05) is 35.3 Å². The summed E-state index contributed by atoms with van der Waals surface area (Å²) in [6, 6.07) is 11.8. The standard InChI is InChI=1S/C19H18BrF2NO3/c1-23(12-14-11-15(20)8-9-16(14)25-2)18(24)10-7-13-5-3-4-6-17(13)26-19(21)22/h3-11,19H,12H2,1-2H3/b10-7+. The highest BCUT2D eigenvalue weighted by atomic mass is 79.9. The molecular weight excluding hydrogens is 408 g/mol. The van der Waals surface area contributed by atoms with Gasteiger partial charge < -0.3 is 14.4 Å². The topological polar surface area (TPSA) is 38.8 Å². The second-order valence-electron chi connectivity index (χ2n) is 5.40. The predicted octanol–water partition coefficient (Wildman–Crippen LogP) is 4.73. The molecule has 0 aliphatic rings. The maximum Gasteiger partial charge on any atom is 0.387 e. The molecule has 0 aliphatic carbocycles. The Morgan fingerprint density at radius 3 is 2.65 bits per heavy atom. The Kier molecular flexibility index (Phi) is 7.15. The van der Waals surface area contributed by atoms with Crippen molar-refractivity contribution in [1.29, 1.82) is 0 Å². The lowest BCUT2D eigenvalue weighted by molar-refractivity contribution is -0.125. The van der Waals surface area contributed by atoms with Crippen LogP contribution in [0.15, 0.2) is 53.0 Å². The largest absolute Gasteiger partial charge is 0.496 e. The number of rotatable bonds is 7. The van der Waals surface area contributed by atoms with Crippen LogP contribution >= 0.6 is 15.9 Å². The molecule has 0 atom stereocenters. The molecule has 1 amide bonds.